The lowest BCUT2D eigenvalue weighted by molar-refractivity contribution is -0.132. The summed E-state index contributed by atoms with van der Waals surface area (Å²) in [4.78, 5) is 32.8. The quantitative estimate of drug-likeness (QED) is 0.209. The van der Waals surface area contributed by atoms with Gasteiger partial charge in [0, 0.05) is 5.56 Å². The lowest BCUT2D eigenvalue weighted by Crippen LogP contribution is -2.29. The maximum atomic E-state index is 13.4. The van der Waals surface area contributed by atoms with Crippen LogP contribution in [0.15, 0.2) is 72.3 Å². The third-order valence-electron chi connectivity index (χ3n) is 6.05. The highest BCUT2D eigenvalue weighted by atomic mass is 32.1. The van der Waals surface area contributed by atoms with Gasteiger partial charge in [0.2, 0.25) is 0 Å². The molecule has 0 bridgehead atoms. The van der Waals surface area contributed by atoms with E-state index in [1.165, 1.54) is 16.2 Å². The molecule has 7 nitrogen and oxygen atoms in total. The van der Waals surface area contributed by atoms with Crippen molar-refractivity contribution in [2.24, 2.45) is 0 Å². The molecule has 1 aliphatic heterocycles. The van der Waals surface area contributed by atoms with Crippen LogP contribution < -0.4 is 14.4 Å². The average Bonchev–Trinajstić information content (AvgIpc) is 3.42. The minimum Gasteiger partial charge on any atom is -0.507 e. The number of ketones is 1. The van der Waals surface area contributed by atoms with Gasteiger partial charge in [-0.15, -0.1) is 0 Å². The van der Waals surface area contributed by atoms with Crippen molar-refractivity contribution in [3.8, 4) is 11.5 Å². The summed E-state index contributed by atoms with van der Waals surface area (Å²) in [7, 11) is 1.55. The number of hydrogen-bond acceptors (Lipinski definition) is 7. The van der Waals surface area contributed by atoms with Crippen molar-refractivity contribution in [3.05, 3.63) is 89.0 Å². The first-order valence-electron chi connectivity index (χ1n) is 11.5. The largest absolute Gasteiger partial charge is 0.507 e. The predicted molar refractivity (Wildman–Crippen MR) is 140 cm³/mol. The molecule has 8 heteroatoms. The van der Waals surface area contributed by atoms with E-state index in [2.05, 4.69) is 4.98 Å². The lowest BCUT2D eigenvalue weighted by atomic mass is 9.95. The van der Waals surface area contributed by atoms with Crippen LogP contribution in [0.25, 0.3) is 16.0 Å². The minimum atomic E-state index is -0.857. The van der Waals surface area contributed by atoms with Gasteiger partial charge in [0.25, 0.3) is 5.78 Å². The van der Waals surface area contributed by atoms with Gasteiger partial charge in [0.15, 0.2) is 5.13 Å². The first-order chi connectivity index (χ1) is 17.4. The number of hydrogen-bond donors (Lipinski definition) is 1. The molecule has 0 unspecified atom stereocenters. The SMILES string of the molecule is CCOc1ccc([C@@H]2C(=C(O)c3ccc(OC)cc3)C(=O)C(=O)N2c2nc3ccc(C)cc3s2)cc1. The average molecular weight is 501 g/mol. The molecule has 5 rings (SSSR count). The highest BCUT2D eigenvalue weighted by Gasteiger charge is 2.48. The summed E-state index contributed by atoms with van der Waals surface area (Å²) in [6.45, 7) is 4.40. The number of carbonyl (C=O) groups excluding carboxylic acids is 2. The van der Waals surface area contributed by atoms with Gasteiger partial charge >= 0.3 is 5.91 Å². The fraction of sp³-hybridized carbons (Fsp3) is 0.179. The molecule has 1 amide bonds. The summed E-state index contributed by atoms with van der Waals surface area (Å²) < 4.78 is 11.7. The lowest BCUT2D eigenvalue weighted by Gasteiger charge is -2.23. The number of carbonyl (C=O) groups is 2. The molecule has 0 radical (unpaired) electrons. The number of amides is 1. The van der Waals surface area contributed by atoms with Gasteiger partial charge in [-0.3, -0.25) is 14.5 Å². The third-order valence-corrected chi connectivity index (χ3v) is 7.07. The number of aliphatic hydroxyl groups excluding tert-OH is 1. The van der Waals surface area contributed by atoms with Gasteiger partial charge in [0.1, 0.15) is 17.3 Å². The Morgan fingerprint density at radius 2 is 1.72 bits per heavy atom. The van der Waals surface area contributed by atoms with Crippen LogP contribution in [0.1, 0.15) is 29.7 Å². The highest BCUT2D eigenvalue weighted by Crippen LogP contribution is 2.44. The summed E-state index contributed by atoms with van der Waals surface area (Å²) >= 11 is 1.33. The van der Waals surface area contributed by atoms with E-state index < -0.39 is 17.7 Å². The van der Waals surface area contributed by atoms with E-state index in [0.717, 1.165) is 15.8 Å². The molecule has 4 aromatic rings. The fourth-order valence-electron chi connectivity index (χ4n) is 4.29. The van der Waals surface area contributed by atoms with Gasteiger partial charge < -0.3 is 14.6 Å². The Morgan fingerprint density at radius 1 is 1.03 bits per heavy atom. The number of Topliss-reactive ketones (excluding diaryl/α,β-unsaturated/α-hetero) is 1. The summed E-state index contributed by atoms with van der Waals surface area (Å²) in [6, 6.07) is 18.8. The van der Waals surface area contributed by atoms with E-state index in [4.69, 9.17) is 9.47 Å². The molecular weight excluding hydrogens is 476 g/mol. The molecule has 0 aliphatic carbocycles. The molecule has 3 aromatic carbocycles. The van der Waals surface area contributed by atoms with Crippen LogP contribution >= 0.6 is 11.3 Å². The zero-order valence-electron chi connectivity index (χ0n) is 20.0. The Morgan fingerprint density at radius 3 is 2.39 bits per heavy atom. The van der Waals surface area contributed by atoms with Crippen LogP contribution in [-0.4, -0.2) is 35.5 Å². The van der Waals surface area contributed by atoms with E-state index in [0.29, 0.717) is 34.4 Å². The molecule has 1 fully saturated rings. The summed E-state index contributed by atoms with van der Waals surface area (Å²) in [5.41, 5.74) is 2.88. The molecule has 1 saturated heterocycles. The first-order valence-corrected chi connectivity index (χ1v) is 12.3. The molecule has 0 saturated carbocycles. The van der Waals surface area contributed by atoms with Gasteiger partial charge in [0.05, 0.1) is 35.5 Å². The molecule has 2 heterocycles. The number of methoxy groups -OCH3 is 1. The Bertz CT molecular complexity index is 1490. The molecule has 1 N–H and O–H groups in total. The van der Waals surface area contributed by atoms with Gasteiger partial charge in [-0.1, -0.05) is 29.5 Å². The van der Waals surface area contributed by atoms with Crippen LogP contribution in [0.3, 0.4) is 0 Å². The second kappa shape index (κ2) is 9.47. The number of benzene rings is 3. The van der Waals surface area contributed by atoms with Crippen LogP contribution in [-0.2, 0) is 9.59 Å². The number of aromatic nitrogens is 1. The Balaban J connectivity index is 1.68. The van der Waals surface area contributed by atoms with Crippen LogP contribution in [0.5, 0.6) is 11.5 Å². The molecule has 1 aromatic heterocycles. The molecular formula is C28H24N2O5S. The smallest absolute Gasteiger partial charge is 0.301 e. The van der Waals surface area contributed by atoms with Crippen molar-refractivity contribution in [2.45, 2.75) is 19.9 Å². The standard InChI is InChI=1S/C28H24N2O5S/c1-4-35-20-12-6-17(7-13-20)24-23(25(31)18-8-10-19(34-3)11-9-18)26(32)27(33)30(24)28-29-21-14-5-16(2)15-22(21)36-28/h5-15,24,31H,4H2,1-3H3/t24-/m1/s1. The number of ether oxygens (including phenoxy) is 2. The van der Waals surface area contributed by atoms with Gasteiger partial charge in [-0.2, -0.15) is 0 Å². The van der Waals surface area contributed by atoms with E-state index >= 15 is 0 Å². The molecule has 182 valence electrons. The van der Waals surface area contributed by atoms with Crippen LogP contribution in [0.2, 0.25) is 0 Å². The van der Waals surface area contributed by atoms with E-state index in [-0.39, 0.29) is 11.3 Å². The Labute approximate surface area is 212 Å². The maximum absolute atomic E-state index is 13.4. The Hall–Kier alpha value is -4.17. The molecule has 36 heavy (non-hydrogen) atoms. The molecule has 1 aliphatic rings. The third kappa shape index (κ3) is 4.09. The van der Waals surface area contributed by atoms with Crippen LogP contribution in [0, 0.1) is 6.92 Å². The number of aryl methyl sites for hydroxylation is 1. The summed E-state index contributed by atoms with van der Waals surface area (Å²) in [5, 5.41) is 11.7. The minimum absolute atomic E-state index is 0.00441. The Kier molecular flexibility index (Phi) is 6.20. The fourth-order valence-corrected chi connectivity index (χ4v) is 5.38. The number of aliphatic hydroxyl groups is 1. The summed E-state index contributed by atoms with van der Waals surface area (Å²) in [5.74, 6) is -0.477. The van der Waals surface area contributed by atoms with Gasteiger partial charge in [-0.25, -0.2) is 4.98 Å². The number of rotatable bonds is 6. The monoisotopic (exact) mass is 500 g/mol. The van der Waals surface area contributed by atoms with Crippen molar-refractivity contribution in [1.82, 2.24) is 4.98 Å². The zero-order valence-corrected chi connectivity index (χ0v) is 20.8. The number of anilines is 1. The van der Waals surface area contributed by atoms with E-state index in [9.17, 15) is 14.7 Å². The second-order valence-electron chi connectivity index (χ2n) is 8.37. The molecule has 0 spiro atoms. The van der Waals surface area contributed by atoms with E-state index in [1.807, 2.05) is 32.0 Å². The summed E-state index contributed by atoms with van der Waals surface area (Å²) in [6.07, 6.45) is 0. The number of nitrogens with zero attached hydrogens (tertiary/aromatic N) is 2. The van der Waals surface area contributed by atoms with Gasteiger partial charge in [-0.05, 0) is 73.5 Å². The topological polar surface area (TPSA) is 89.0 Å². The normalized spacial score (nSPS) is 17.1. The second-order valence-corrected chi connectivity index (χ2v) is 9.38. The van der Waals surface area contributed by atoms with Crippen molar-refractivity contribution < 1.29 is 24.2 Å². The van der Waals surface area contributed by atoms with Crippen LogP contribution in [0.4, 0.5) is 5.13 Å². The van der Waals surface area contributed by atoms with E-state index in [1.54, 1.807) is 55.6 Å². The number of fused-ring (bicyclic) bond motifs is 1. The maximum Gasteiger partial charge on any atom is 0.301 e. The van der Waals surface area contributed by atoms with Crippen molar-refractivity contribution in [1.29, 1.82) is 0 Å². The molecule has 1 atom stereocenters. The number of thiazole rings is 1. The van der Waals surface area contributed by atoms with Crippen molar-refractivity contribution in [2.75, 3.05) is 18.6 Å². The predicted octanol–water partition coefficient (Wildman–Crippen LogP) is 5.64. The highest BCUT2D eigenvalue weighted by molar-refractivity contribution is 7.22. The van der Waals surface area contributed by atoms with Crippen molar-refractivity contribution >= 4 is 44.1 Å². The first kappa shape index (κ1) is 23.6. The van der Waals surface area contributed by atoms with Crippen molar-refractivity contribution in [3.63, 3.8) is 0 Å². The zero-order chi connectivity index (χ0) is 25.4.